The fourth-order valence-corrected chi connectivity index (χ4v) is 2.58. The van der Waals surface area contributed by atoms with Crippen LogP contribution < -0.4 is 16.4 Å². The maximum atomic E-state index is 11.2. The molecule has 0 bridgehead atoms. The van der Waals surface area contributed by atoms with Crippen LogP contribution in [0.3, 0.4) is 0 Å². The van der Waals surface area contributed by atoms with Crippen LogP contribution in [-0.4, -0.2) is 25.8 Å². The van der Waals surface area contributed by atoms with E-state index in [1.807, 2.05) is 24.3 Å². The maximum absolute atomic E-state index is 11.2. The molecule has 1 aliphatic carbocycles. The van der Waals surface area contributed by atoms with Gasteiger partial charge in [0.2, 0.25) is 0 Å². The first-order valence-corrected chi connectivity index (χ1v) is 6.64. The van der Waals surface area contributed by atoms with Crippen molar-refractivity contribution in [3.05, 3.63) is 24.3 Å². The van der Waals surface area contributed by atoms with Gasteiger partial charge in [-0.2, -0.15) is 0 Å². The Morgan fingerprint density at radius 1 is 1.42 bits per heavy atom. The molecule has 0 saturated heterocycles. The third kappa shape index (κ3) is 3.61. The van der Waals surface area contributed by atoms with Gasteiger partial charge in [0.25, 0.3) is 0 Å². The van der Waals surface area contributed by atoms with E-state index in [9.17, 15) is 4.79 Å². The number of ether oxygens (including phenoxy) is 1. The fraction of sp³-hybridized carbons (Fsp3) is 0.500. The molecule has 1 amide bonds. The second kappa shape index (κ2) is 6.43. The van der Waals surface area contributed by atoms with E-state index in [2.05, 4.69) is 15.4 Å². The van der Waals surface area contributed by atoms with E-state index in [4.69, 9.17) is 5.73 Å². The summed E-state index contributed by atoms with van der Waals surface area (Å²) in [6.45, 7) is 0.720. The van der Waals surface area contributed by atoms with Gasteiger partial charge in [-0.3, -0.25) is 5.32 Å². The lowest BCUT2D eigenvalue weighted by Crippen LogP contribution is -2.29. The summed E-state index contributed by atoms with van der Waals surface area (Å²) in [5, 5.41) is 6.16. The lowest BCUT2D eigenvalue weighted by molar-refractivity contribution is 0.187. The van der Waals surface area contributed by atoms with E-state index in [1.54, 1.807) is 0 Å². The van der Waals surface area contributed by atoms with Crippen LogP contribution in [0, 0.1) is 5.92 Å². The Morgan fingerprint density at radius 2 is 2.21 bits per heavy atom. The molecular formula is C14H21N3O2. The van der Waals surface area contributed by atoms with Crippen LogP contribution >= 0.6 is 0 Å². The summed E-state index contributed by atoms with van der Waals surface area (Å²) in [6, 6.07) is 8.06. The van der Waals surface area contributed by atoms with Crippen molar-refractivity contribution in [2.75, 3.05) is 24.3 Å². The van der Waals surface area contributed by atoms with Gasteiger partial charge in [0.05, 0.1) is 7.11 Å². The van der Waals surface area contributed by atoms with E-state index >= 15 is 0 Å². The number of carbonyl (C=O) groups is 1. The van der Waals surface area contributed by atoms with Gasteiger partial charge in [0, 0.05) is 17.4 Å². The highest BCUT2D eigenvalue weighted by molar-refractivity contribution is 5.85. The first kappa shape index (κ1) is 13.7. The second-order valence-corrected chi connectivity index (χ2v) is 4.87. The van der Waals surface area contributed by atoms with Crippen LogP contribution in [0.25, 0.3) is 0 Å². The summed E-state index contributed by atoms with van der Waals surface area (Å²) in [5.74, 6) is 0.539. The number of amides is 1. The lowest BCUT2D eigenvalue weighted by atomic mass is 10.0. The summed E-state index contributed by atoms with van der Waals surface area (Å²) in [7, 11) is 1.35. The highest BCUT2D eigenvalue weighted by Crippen LogP contribution is 2.28. The zero-order chi connectivity index (χ0) is 13.7. The third-order valence-corrected chi connectivity index (χ3v) is 3.61. The SMILES string of the molecule is COC(=O)Nc1cccc(NC2CCCC2CN)c1. The monoisotopic (exact) mass is 263 g/mol. The molecule has 5 nitrogen and oxygen atoms in total. The number of rotatable bonds is 4. The summed E-state index contributed by atoms with van der Waals surface area (Å²) >= 11 is 0. The summed E-state index contributed by atoms with van der Waals surface area (Å²) < 4.78 is 4.57. The molecule has 5 heteroatoms. The van der Waals surface area contributed by atoms with Gasteiger partial charge >= 0.3 is 6.09 Å². The van der Waals surface area contributed by atoms with Crippen LogP contribution in [0.5, 0.6) is 0 Å². The Balaban J connectivity index is 2.00. The van der Waals surface area contributed by atoms with E-state index in [-0.39, 0.29) is 0 Å². The van der Waals surface area contributed by atoms with Crippen LogP contribution in [0.4, 0.5) is 16.2 Å². The minimum atomic E-state index is -0.460. The topological polar surface area (TPSA) is 76.4 Å². The van der Waals surface area contributed by atoms with Gasteiger partial charge in [-0.25, -0.2) is 4.79 Å². The van der Waals surface area contributed by atoms with Crippen LogP contribution in [0.2, 0.25) is 0 Å². The summed E-state index contributed by atoms with van der Waals surface area (Å²) in [4.78, 5) is 11.2. The van der Waals surface area contributed by atoms with E-state index < -0.39 is 6.09 Å². The van der Waals surface area contributed by atoms with Gasteiger partial charge in [-0.15, -0.1) is 0 Å². The smallest absolute Gasteiger partial charge is 0.411 e. The number of nitrogens with two attached hydrogens (primary N) is 1. The first-order valence-electron chi connectivity index (χ1n) is 6.64. The number of hydrogen-bond acceptors (Lipinski definition) is 4. The highest BCUT2D eigenvalue weighted by atomic mass is 16.5. The molecule has 1 aromatic carbocycles. The van der Waals surface area contributed by atoms with Crippen molar-refractivity contribution < 1.29 is 9.53 Å². The molecule has 1 saturated carbocycles. The Hall–Kier alpha value is -1.75. The van der Waals surface area contributed by atoms with Gasteiger partial charge in [-0.1, -0.05) is 12.5 Å². The molecule has 19 heavy (non-hydrogen) atoms. The van der Waals surface area contributed by atoms with Crippen molar-refractivity contribution in [2.24, 2.45) is 11.7 Å². The molecule has 104 valence electrons. The minimum absolute atomic E-state index is 0.429. The van der Waals surface area contributed by atoms with Crippen molar-refractivity contribution in [1.82, 2.24) is 0 Å². The predicted molar refractivity (Wildman–Crippen MR) is 76.3 cm³/mol. The second-order valence-electron chi connectivity index (χ2n) is 4.87. The van der Waals surface area contributed by atoms with Crippen molar-refractivity contribution in [3.63, 3.8) is 0 Å². The molecule has 0 radical (unpaired) electrons. The number of carbonyl (C=O) groups excluding carboxylic acids is 1. The highest BCUT2D eigenvalue weighted by Gasteiger charge is 2.25. The number of hydrogen-bond donors (Lipinski definition) is 3. The molecule has 0 spiro atoms. The molecule has 1 aliphatic rings. The van der Waals surface area contributed by atoms with Crippen LogP contribution in [-0.2, 0) is 4.74 Å². The normalized spacial score (nSPS) is 22.0. The largest absolute Gasteiger partial charge is 0.453 e. The van der Waals surface area contributed by atoms with Gasteiger partial charge in [0.15, 0.2) is 0 Å². The molecular weight excluding hydrogens is 242 g/mol. The standard InChI is InChI=1S/C14H21N3O2/c1-19-14(18)17-12-6-3-5-11(8-12)16-13-7-2-4-10(13)9-15/h3,5-6,8,10,13,16H,2,4,7,9,15H2,1H3,(H,17,18). The minimum Gasteiger partial charge on any atom is -0.453 e. The summed E-state index contributed by atoms with van der Waals surface area (Å²) in [6.07, 6.45) is 3.10. The molecule has 2 unspecified atom stereocenters. The lowest BCUT2D eigenvalue weighted by Gasteiger charge is -2.21. The quantitative estimate of drug-likeness (QED) is 0.779. The number of nitrogens with one attached hydrogen (secondary N) is 2. The number of benzene rings is 1. The Bertz CT molecular complexity index is 436. The van der Waals surface area contributed by atoms with Gasteiger partial charge < -0.3 is 15.8 Å². The zero-order valence-electron chi connectivity index (χ0n) is 11.2. The van der Waals surface area contributed by atoms with Gasteiger partial charge in [0.1, 0.15) is 0 Å². The molecule has 0 aliphatic heterocycles. The molecule has 1 aromatic rings. The molecule has 2 atom stereocenters. The number of anilines is 2. The molecule has 4 N–H and O–H groups in total. The Morgan fingerprint density at radius 3 is 2.95 bits per heavy atom. The fourth-order valence-electron chi connectivity index (χ4n) is 2.58. The molecule has 0 heterocycles. The predicted octanol–water partition coefficient (Wildman–Crippen LogP) is 2.40. The van der Waals surface area contributed by atoms with E-state index in [1.165, 1.54) is 20.0 Å². The average Bonchev–Trinajstić information content (AvgIpc) is 2.86. The van der Waals surface area contributed by atoms with Crippen molar-refractivity contribution in [2.45, 2.75) is 25.3 Å². The Labute approximate surface area is 113 Å². The van der Waals surface area contributed by atoms with Gasteiger partial charge in [-0.05, 0) is 43.5 Å². The molecule has 2 rings (SSSR count). The van der Waals surface area contributed by atoms with E-state index in [0.717, 1.165) is 24.3 Å². The van der Waals surface area contributed by atoms with E-state index in [0.29, 0.717) is 12.0 Å². The Kier molecular flexibility index (Phi) is 4.63. The van der Waals surface area contributed by atoms with Crippen molar-refractivity contribution in [3.8, 4) is 0 Å². The zero-order valence-corrected chi connectivity index (χ0v) is 11.2. The molecule has 1 fully saturated rings. The first-order chi connectivity index (χ1) is 9.22. The van der Waals surface area contributed by atoms with Crippen molar-refractivity contribution >= 4 is 17.5 Å². The van der Waals surface area contributed by atoms with Crippen LogP contribution in [0.1, 0.15) is 19.3 Å². The van der Waals surface area contributed by atoms with Crippen LogP contribution in [0.15, 0.2) is 24.3 Å². The van der Waals surface area contributed by atoms with Crippen molar-refractivity contribution in [1.29, 1.82) is 0 Å². The third-order valence-electron chi connectivity index (χ3n) is 3.61. The molecule has 0 aromatic heterocycles. The maximum Gasteiger partial charge on any atom is 0.411 e. The summed E-state index contributed by atoms with van der Waals surface area (Å²) in [5.41, 5.74) is 7.50. The average molecular weight is 263 g/mol. The number of methoxy groups -OCH3 is 1.